The highest BCUT2D eigenvalue weighted by atomic mass is 32.1. The normalized spacial score (nSPS) is 14.3. The highest BCUT2D eigenvalue weighted by Gasteiger charge is 2.56. The van der Waals surface area contributed by atoms with Crippen LogP contribution in [0.4, 0.5) is 11.4 Å². The van der Waals surface area contributed by atoms with Gasteiger partial charge in [0.2, 0.25) is 0 Å². The molecule has 0 unspecified atom stereocenters. The maximum absolute atomic E-state index is 14.3. The molecule has 4 aromatic carbocycles. The number of ether oxygens (including phenoxy) is 1. The van der Waals surface area contributed by atoms with Crippen molar-refractivity contribution in [3.63, 3.8) is 0 Å². The Morgan fingerprint density at radius 1 is 0.738 bits per heavy atom. The second-order valence-corrected chi connectivity index (χ2v) is 11.1. The number of rotatable bonds is 9. The maximum Gasteiger partial charge on any atom is 0.269 e. The minimum Gasteiger partial charge on any atom is -0.456 e. The molecule has 0 saturated heterocycles. The van der Waals surface area contributed by atoms with E-state index in [0.717, 1.165) is 76.2 Å². The van der Waals surface area contributed by atoms with E-state index in [1.165, 1.54) is 0 Å². The molecule has 0 aliphatic carbocycles. The first-order valence-electron chi connectivity index (χ1n) is 14.9. The fourth-order valence-corrected chi connectivity index (χ4v) is 6.79. The fourth-order valence-electron chi connectivity index (χ4n) is 6.55. The zero-order chi connectivity index (χ0) is 29.4. The molecule has 0 saturated carbocycles. The number of nitrogens with zero attached hydrogens (tertiary/aromatic N) is 3. The van der Waals surface area contributed by atoms with Crippen LogP contribution in [0, 0.1) is 0 Å². The van der Waals surface area contributed by atoms with Crippen LogP contribution in [0.15, 0.2) is 89.8 Å². The zero-order valence-corrected chi connectivity index (χ0v) is 25.6. The molecule has 2 aliphatic rings. The van der Waals surface area contributed by atoms with E-state index in [4.69, 9.17) is 4.74 Å². The second kappa shape index (κ2) is 11.4. The second-order valence-electron chi connectivity index (χ2n) is 10.7. The van der Waals surface area contributed by atoms with Gasteiger partial charge in [0.1, 0.15) is 17.0 Å². The lowest BCUT2D eigenvalue weighted by Gasteiger charge is -2.44. The third-order valence-corrected chi connectivity index (χ3v) is 9.13. The first-order valence-corrected chi connectivity index (χ1v) is 15.3. The quantitative estimate of drug-likeness (QED) is 0.205. The van der Waals surface area contributed by atoms with Crippen LogP contribution >= 0.6 is 12.6 Å². The van der Waals surface area contributed by atoms with Crippen LogP contribution in [0.1, 0.15) is 60.3 Å². The molecule has 1 spiro atoms. The van der Waals surface area contributed by atoms with Crippen molar-refractivity contribution in [2.75, 3.05) is 36.0 Å². The number of carbonyl (C=O) groups excluding carboxylic acids is 1. The van der Waals surface area contributed by atoms with Gasteiger partial charge in [-0.15, -0.1) is 12.6 Å². The Labute approximate surface area is 254 Å². The number of benzene rings is 4. The van der Waals surface area contributed by atoms with Gasteiger partial charge in [-0.05, 0) is 57.5 Å². The lowest BCUT2D eigenvalue weighted by molar-refractivity contribution is 0.0498. The van der Waals surface area contributed by atoms with Crippen LogP contribution in [0.25, 0.3) is 0 Å². The number of carbonyl (C=O) groups is 1. The van der Waals surface area contributed by atoms with E-state index in [2.05, 4.69) is 98.0 Å². The Hall–Kier alpha value is -3.94. The lowest BCUT2D eigenvalue weighted by atomic mass is 9.75. The van der Waals surface area contributed by atoms with Gasteiger partial charge in [0, 0.05) is 83.4 Å². The highest BCUT2D eigenvalue weighted by Crippen LogP contribution is 2.57. The van der Waals surface area contributed by atoms with Gasteiger partial charge in [0.15, 0.2) is 0 Å². The first kappa shape index (κ1) is 28.2. The summed E-state index contributed by atoms with van der Waals surface area (Å²) in [5.74, 6) is 1.45. The Morgan fingerprint density at radius 3 is 1.86 bits per heavy atom. The predicted molar refractivity (Wildman–Crippen MR) is 173 cm³/mol. The summed E-state index contributed by atoms with van der Waals surface area (Å²) in [4.78, 5) is 19.8. The van der Waals surface area contributed by atoms with Gasteiger partial charge >= 0.3 is 0 Å². The van der Waals surface area contributed by atoms with Crippen LogP contribution in [0.2, 0.25) is 0 Å². The van der Waals surface area contributed by atoms with Gasteiger partial charge in [-0.3, -0.25) is 9.80 Å². The van der Waals surface area contributed by atoms with E-state index in [1.54, 1.807) is 0 Å². The van der Waals surface area contributed by atoms with Crippen molar-refractivity contribution in [1.29, 1.82) is 0 Å². The number of hydrogen-bond donors (Lipinski definition) is 2. The van der Waals surface area contributed by atoms with Gasteiger partial charge in [-0.25, -0.2) is 5.43 Å². The Balaban J connectivity index is 1.60. The molecule has 6 nitrogen and oxygen atoms in total. The van der Waals surface area contributed by atoms with Gasteiger partial charge < -0.3 is 14.5 Å². The van der Waals surface area contributed by atoms with Gasteiger partial charge in [-0.2, -0.15) is 0 Å². The summed E-state index contributed by atoms with van der Waals surface area (Å²) >= 11 is 4.68. The van der Waals surface area contributed by atoms with Crippen LogP contribution < -0.4 is 20.0 Å². The molecule has 1 N–H and O–H groups in total. The smallest absolute Gasteiger partial charge is 0.269 e. The molecule has 7 heteroatoms. The molecule has 1 amide bonds. The van der Waals surface area contributed by atoms with Crippen LogP contribution in [0.5, 0.6) is 11.5 Å². The first-order chi connectivity index (χ1) is 20.5. The molecule has 2 aliphatic heterocycles. The van der Waals surface area contributed by atoms with E-state index in [-0.39, 0.29) is 5.91 Å². The van der Waals surface area contributed by atoms with Crippen LogP contribution in [-0.4, -0.2) is 37.1 Å². The Kier molecular flexibility index (Phi) is 7.64. The fraction of sp³-hybridized carbons (Fsp3) is 0.286. The Bertz CT molecular complexity index is 1570. The third-order valence-electron chi connectivity index (χ3n) is 8.69. The summed E-state index contributed by atoms with van der Waals surface area (Å²) in [7, 11) is 0. The number of hydrazine groups is 1. The summed E-state index contributed by atoms with van der Waals surface area (Å²) in [5.41, 5.74) is 9.34. The van der Waals surface area contributed by atoms with E-state index < -0.39 is 5.54 Å². The summed E-state index contributed by atoms with van der Waals surface area (Å²) < 4.78 is 6.77. The number of hydrogen-bond acceptors (Lipinski definition) is 6. The minimum atomic E-state index is -0.925. The number of amides is 1. The van der Waals surface area contributed by atoms with E-state index in [9.17, 15) is 4.79 Å². The lowest BCUT2D eigenvalue weighted by Crippen LogP contribution is -2.54. The summed E-state index contributed by atoms with van der Waals surface area (Å²) in [6, 6.07) is 28.8. The van der Waals surface area contributed by atoms with E-state index >= 15 is 0 Å². The number of nitrogens with one attached hydrogen (secondary N) is 1. The average Bonchev–Trinajstić information content (AvgIpc) is 3.26. The Morgan fingerprint density at radius 2 is 1.29 bits per heavy atom. The zero-order valence-electron chi connectivity index (χ0n) is 24.7. The highest BCUT2D eigenvalue weighted by molar-refractivity contribution is 7.80. The van der Waals surface area contributed by atoms with Crippen molar-refractivity contribution in [2.45, 2.75) is 44.7 Å². The summed E-state index contributed by atoms with van der Waals surface area (Å²) in [6.07, 6.45) is 0. The molecular formula is C35H38N4O2S. The van der Waals surface area contributed by atoms with Crippen molar-refractivity contribution in [2.24, 2.45) is 0 Å². The van der Waals surface area contributed by atoms with E-state index in [0.29, 0.717) is 12.1 Å². The van der Waals surface area contributed by atoms with Crippen molar-refractivity contribution >= 4 is 29.9 Å². The minimum absolute atomic E-state index is 0.0679. The molecular weight excluding hydrogens is 540 g/mol. The molecule has 6 rings (SSSR count). The molecule has 0 aromatic heterocycles. The molecule has 0 atom stereocenters. The van der Waals surface area contributed by atoms with Crippen molar-refractivity contribution < 1.29 is 9.53 Å². The van der Waals surface area contributed by atoms with Crippen molar-refractivity contribution in [3.05, 3.63) is 113 Å². The third kappa shape index (κ3) is 4.34. The molecule has 216 valence electrons. The molecule has 4 aromatic rings. The monoisotopic (exact) mass is 578 g/mol. The molecule has 0 fully saturated rings. The molecule has 0 radical (unpaired) electrons. The number of anilines is 2. The van der Waals surface area contributed by atoms with Crippen LogP contribution in [0.3, 0.4) is 0 Å². The van der Waals surface area contributed by atoms with E-state index in [1.807, 2.05) is 47.5 Å². The number of fused-ring (bicyclic) bond motifs is 6. The summed E-state index contributed by atoms with van der Waals surface area (Å²) in [5, 5.41) is 1.83. The van der Waals surface area contributed by atoms with Crippen molar-refractivity contribution in [3.8, 4) is 11.5 Å². The SMILES string of the molecule is CCN(CC)c1ccc2c(c1)Oc1cc(N(CC)CC)ccc1C21c2ccccc2C(=O)N1NCc1ccccc1S. The van der Waals surface area contributed by atoms with Gasteiger partial charge in [0.25, 0.3) is 5.91 Å². The number of thiol groups is 1. The topological polar surface area (TPSA) is 48.1 Å². The average molecular weight is 579 g/mol. The van der Waals surface area contributed by atoms with Crippen molar-refractivity contribution in [1.82, 2.24) is 10.4 Å². The largest absolute Gasteiger partial charge is 0.456 e. The predicted octanol–water partition coefficient (Wildman–Crippen LogP) is 7.23. The standard InChI is InChI=1S/C35H38N4O2S/c1-5-37(6-2)25-17-19-29-31(21-25)41-32-22-26(38(7-3)8-4)18-20-30(32)35(29)28-15-11-10-14-27(28)34(40)39(35)36-23-24-13-9-12-16-33(24)42/h9-22,36,42H,5-8,23H2,1-4H3. The van der Waals surface area contributed by atoms with Gasteiger partial charge in [-0.1, -0.05) is 48.5 Å². The molecule has 42 heavy (non-hydrogen) atoms. The summed E-state index contributed by atoms with van der Waals surface area (Å²) in [6.45, 7) is 12.6. The molecule has 2 heterocycles. The van der Waals surface area contributed by atoms with Crippen LogP contribution in [-0.2, 0) is 12.1 Å². The van der Waals surface area contributed by atoms with Gasteiger partial charge in [0.05, 0.1) is 0 Å². The molecule has 0 bridgehead atoms. The maximum atomic E-state index is 14.3.